The van der Waals surface area contributed by atoms with Crippen molar-refractivity contribution in [3.05, 3.63) is 17.8 Å². The number of nitrogens with zero attached hydrogens (tertiary/aromatic N) is 4. The van der Waals surface area contributed by atoms with E-state index in [1.165, 1.54) is 0 Å². The lowest BCUT2D eigenvalue weighted by Crippen LogP contribution is -2.49. The minimum atomic E-state index is -3.14. The van der Waals surface area contributed by atoms with Crippen molar-refractivity contribution in [2.24, 2.45) is 0 Å². The molecule has 1 aliphatic heterocycles. The first-order valence-corrected chi connectivity index (χ1v) is 12.1. The van der Waals surface area contributed by atoms with E-state index in [0.717, 1.165) is 41.7 Å². The zero-order valence-electron chi connectivity index (χ0n) is 15.2. The second-order valence-corrected chi connectivity index (χ2v) is 10.5. The topological polar surface area (TPSA) is 83.5 Å². The van der Waals surface area contributed by atoms with Crippen LogP contribution in [-0.2, 0) is 14.6 Å². The normalized spacial score (nSPS) is 19.1. The Morgan fingerprint density at radius 1 is 1.15 bits per heavy atom. The zero-order chi connectivity index (χ0) is 18.9. The molecule has 0 spiro atoms. The highest BCUT2D eigenvalue weighted by Gasteiger charge is 2.30. The molecule has 1 aliphatic carbocycles. The van der Waals surface area contributed by atoms with E-state index in [4.69, 9.17) is 0 Å². The van der Waals surface area contributed by atoms with Crippen LogP contribution in [0.15, 0.2) is 17.8 Å². The maximum Gasteiger partial charge on any atom is 0.223 e. The number of carbonyl (C=O) groups is 1. The predicted octanol–water partition coefficient (Wildman–Crippen LogP) is 2.09. The Bertz CT molecular complexity index is 914. The molecule has 0 radical (unpaired) electrons. The lowest BCUT2D eigenvalue weighted by molar-refractivity contribution is -0.131. The molecule has 0 N–H and O–H groups in total. The minimum absolute atomic E-state index is 0.0157. The van der Waals surface area contributed by atoms with E-state index >= 15 is 0 Å². The number of fused-ring (bicyclic) bond motifs is 1. The Morgan fingerprint density at radius 3 is 2.63 bits per heavy atom. The fourth-order valence-corrected chi connectivity index (χ4v) is 6.57. The third-order valence-electron chi connectivity index (χ3n) is 5.58. The van der Waals surface area contributed by atoms with Crippen LogP contribution < -0.4 is 4.90 Å². The monoisotopic (exact) mass is 408 g/mol. The largest absolute Gasteiger partial charge is 0.352 e. The third-order valence-corrected chi connectivity index (χ3v) is 8.66. The standard InChI is InChI=1S/C18H24N4O3S2/c23-16(6-12-27(24,25)14-3-1-2-4-14)21-7-9-22(10-8-21)17-15-5-11-26-18(15)20-13-19-17/h5,11,13-14H,1-4,6-10,12H2. The Balaban J connectivity index is 1.32. The highest BCUT2D eigenvalue weighted by molar-refractivity contribution is 7.92. The molecule has 1 saturated heterocycles. The lowest BCUT2D eigenvalue weighted by atomic mass is 10.2. The Labute approximate surface area is 163 Å². The molecular weight excluding hydrogens is 384 g/mol. The van der Waals surface area contributed by atoms with Crippen LogP contribution in [0.3, 0.4) is 0 Å². The zero-order valence-corrected chi connectivity index (χ0v) is 16.8. The Morgan fingerprint density at radius 2 is 1.89 bits per heavy atom. The molecule has 1 saturated carbocycles. The van der Waals surface area contributed by atoms with Crippen molar-refractivity contribution in [2.75, 3.05) is 36.8 Å². The van der Waals surface area contributed by atoms with Crippen LogP contribution in [-0.4, -0.2) is 66.4 Å². The van der Waals surface area contributed by atoms with E-state index in [1.807, 2.05) is 11.4 Å². The first-order valence-electron chi connectivity index (χ1n) is 9.47. The summed E-state index contributed by atoms with van der Waals surface area (Å²) in [7, 11) is -3.14. The summed E-state index contributed by atoms with van der Waals surface area (Å²) in [6, 6.07) is 2.03. The molecule has 2 aliphatic rings. The lowest BCUT2D eigenvalue weighted by Gasteiger charge is -2.35. The molecule has 2 aromatic rings. The molecule has 0 atom stereocenters. The van der Waals surface area contributed by atoms with Crippen LogP contribution >= 0.6 is 11.3 Å². The number of amides is 1. The summed E-state index contributed by atoms with van der Waals surface area (Å²) in [6.07, 6.45) is 5.16. The fourth-order valence-electron chi connectivity index (χ4n) is 4.00. The fraction of sp³-hybridized carbons (Fsp3) is 0.611. The van der Waals surface area contributed by atoms with Crippen LogP contribution in [0.2, 0.25) is 0 Å². The number of rotatable bonds is 5. The van der Waals surface area contributed by atoms with Crippen molar-refractivity contribution in [1.29, 1.82) is 0 Å². The van der Waals surface area contributed by atoms with Crippen LogP contribution in [0.4, 0.5) is 5.82 Å². The quantitative estimate of drug-likeness (QED) is 0.753. The summed E-state index contributed by atoms with van der Waals surface area (Å²) < 4.78 is 24.7. The molecule has 9 heteroatoms. The van der Waals surface area contributed by atoms with Crippen molar-refractivity contribution in [3.63, 3.8) is 0 Å². The first kappa shape index (κ1) is 18.6. The van der Waals surface area contributed by atoms with E-state index in [-0.39, 0.29) is 23.3 Å². The maximum atomic E-state index is 12.5. The van der Waals surface area contributed by atoms with Gasteiger partial charge in [0.2, 0.25) is 5.91 Å². The van der Waals surface area contributed by atoms with Crippen LogP contribution in [0.5, 0.6) is 0 Å². The summed E-state index contributed by atoms with van der Waals surface area (Å²) in [5, 5.41) is 2.82. The highest BCUT2D eigenvalue weighted by atomic mass is 32.2. The van der Waals surface area contributed by atoms with Gasteiger partial charge in [0.25, 0.3) is 0 Å². The second kappa shape index (κ2) is 7.71. The number of hydrogen-bond donors (Lipinski definition) is 0. The van der Waals surface area contributed by atoms with Crippen molar-refractivity contribution in [3.8, 4) is 0 Å². The second-order valence-electron chi connectivity index (χ2n) is 7.23. The van der Waals surface area contributed by atoms with Crippen molar-refractivity contribution >= 4 is 43.1 Å². The van der Waals surface area contributed by atoms with Crippen LogP contribution in [0, 0.1) is 0 Å². The molecule has 27 heavy (non-hydrogen) atoms. The molecule has 2 aromatic heterocycles. The first-order chi connectivity index (χ1) is 13.0. The molecule has 2 fully saturated rings. The molecule has 146 valence electrons. The van der Waals surface area contributed by atoms with Crippen LogP contribution in [0.25, 0.3) is 10.2 Å². The molecule has 0 aromatic carbocycles. The summed E-state index contributed by atoms with van der Waals surface area (Å²) in [6.45, 7) is 2.59. The van der Waals surface area contributed by atoms with Gasteiger partial charge >= 0.3 is 0 Å². The SMILES string of the molecule is O=C(CCS(=O)(=O)C1CCCC1)N1CCN(c2ncnc3sccc23)CC1. The molecule has 7 nitrogen and oxygen atoms in total. The van der Waals surface area contributed by atoms with Crippen LogP contribution in [0.1, 0.15) is 32.1 Å². The van der Waals surface area contributed by atoms with E-state index in [0.29, 0.717) is 26.2 Å². The van der Waals surface area contributed by atoms with Crippen molar-refractivity contribution in [1.82, 2.24) is 14.9 Å². The number of aromatic nitrogens is 2. The Hall–Kier alpha value is -1.74. The van der Waals surface area contributed by atoms with E-state index in [2.05, 4.69) is 14.9 Å². The summed E-state index contributed by atoms with van der Waals surface area (Å²) >= 11 is 1.59. The predicted molar refractivity (Wildman–Crippen MR) is 107 cm³/mol. The molecule has 0 bridgehead atoms. The third kappa shape index (κ3) is 3.94. The van der Waals surface area contributed by atoms with Gasteiger partial charge < -0.3 is 9.80 Å². The molecule has 1 amide bonds. The number of anilines is 1. The van der Waals surface area contributed by atoms with Gasteiger partial charge in [-0.3, -0.25) is 4.79 Å². The van der Waals surface area contributed by atoms with E-state index < -0.39 is 9.84 Å². The average Bonchev–Trinajstić information content (AvgIpc) is 3.38. The van der Waals surface area contributed by atoms with E-state index in [9.17, 15) is 13.2 Å². The van der Waals surface area contributed by atoms with Gasteiger partial charge in [0, 0.05) is 32.6 Å². The summed E-state index contributed by atoms with van der Waals surface area (Å²) in [5.41, 5.74) is 0. The molecule has 3 heterocycles. The minimum Gasteiger partial charge on any atom is -0.352 e. The number of thiophene rings is 1. The number of carbonyl (C=O) groups excluding carboxylic acids is 1. The molecular formula is C18H24N4O3S2. The molecule has 4 rings (SSSR count). The van der Waals surface area contributed by atoms with Gasteiger partial charge in [0.1, 0.15) is 17.0 Å². The van der Waals surface area contributed by atoms with Gasteiger partial charge in [-0.25, -0.2) is 18.4 Å². The smallest absolute Gasteiger partial charge is 0.223 e. The van der Waals surface area contributed by atoms with Gasteiger partial charge in [0.05, 0.1) is 16.4 Å². The van der Waals surface area contributed by atoms with E-state index in [1.54, 1.807) is 22.6 Å². The van der Waals surface area contributed by atoms with Gasteiger partial charge in [0.15, 0.2) is 9.84 Å². The summed E-state index contributed by atoms with van der Waals surface area (Å²) in [4.78, 5) is 26.1. The average molecular weight is 409 g/mol. The van der Waals surface area contributed by atoms with Gasteiger partial charge in [-0.1, -0.05) is 12.8 Å². The van der Waals surface area contributed by atoms with Crippen molar-refractivity contribution in [2.45, 2.75) is 37.4 Å². The van der Waals surface area contributed by atoms with Gasteiger partial charge in [-0.15, -0.1) is 11.3 Å². The van der Waals surface area contributed by atoms with Crippen molar-refractivity contribution < 1.29 is 13.2 Å². The van der Waals surface area contributed by atoms with Gasteiger partial charge in [-0.05, 0) is 24.3 Å². The number of sulfone groups is 1. The maximum absolute atomic E-state index is 12.5. The molecule has 0 unspecified atom stereocenters. The van der Waals surface area contributed by atoms with Gasteiger partial charge in [-0.2, -0.15) is 0 Å². The summed E-state index contributed by atoms with van der Waals surface area (Å²) in [5.74, 6) is 0.842. The number of piperazine rings is 1. The Kier molecular flexibility index (Phi) is 5.32. The highest BCUT2D eigenvalue weighted by Crippen LogP contribution is 2.28. The number of hydrogen-bond acceptors (Lipinski definition) is 7.